The average Bonchev–Trinajstić information content (AvgIpc) is 2.61. The Kier molecular flexibility index (Phi) is 6.91. The Morgan fingerprint density at radius 1 is 1.19 bits per heavy atom. The van der Waals surface area contributed by atoms with Gasteiger partial charge in [-0.05, 0) is 56.2 Å². The molecule has 0 aliphatic carbocycles. The molecule has 0 aromatic heterocycles. The Morgan fingerprint density at radius 3 is 2.46 bits per heavy atom. The van der Waals surface area contributed by atoms with Gasteiger partial charge in [0, 0.05) is 19.2 Å². The van der Waals surface area contributed by atoms with Crippen LogP contribution >= 0.6 is 11.8 Å². The number of thioether (sulfide) groups is 1. The van der Waals surface area contributed by atoms with Crippen LogP contribution in [-0.2, 0) is 0 Å². The molecule has 0 aliphatic heterocycles. The molecule has 0 aliphatic rings. The van der Waals surface area contributed by atoms with E-state index in [4.69, 9.17) is 0 Å². The molecule has 0 N–H and O–H groups in total. The fourth-order valence-corrected chi connectivity index (χ4v) is 3.16. The molecule has 2 aromatic carbocycles. The third kappa shape index (κ3) is 4.91. The van der Waals surface area contributed by atoms with Gasteiger partial charge >= 0.3 is 0 Å². The van der Waals surface area contributed by atoms with Gasteiger partial charge in [0.15, 0.2) is 5.78 Å². The number of rotatable bonds is 7. The number of hydrogen-bond acceptors (Lipinski definition) is 3. The van der Waals surface area contributed by atoms with E-state index in [1.54, 1.807) is 12.4 Å². The highest BCUT2D eigenvalue weighted by Gasteiger charge is 2.15. The molecule has 6 heteroatoms. The van der Waals surface area contributed by atoms with Gasteiger partial charge in [0.2, 0.25) is 0 Å². The first-order chi connectivity index (χ1) is 12.3. The van der Waals surface area contributed by atoms with Crippen LogP contribution in [0.2, 0.25) is 0 Å². The van der Waals surface area contributed by atoms with Crippen molar-refractivity contribution >= 4 is 29.6 Å². The average molecular weight is 376 g/mol. The maximum atomic E-state index is 13.7. The summed E-state index contributed by atoms with van der Waals surface area (Å²) in [5, 5.41) is 0. The summed E-state index contributed by atoms with van der Waals surface area (Å²) >= 11 is 0.877. The van der Waals surface area contributed by atoms with Crippen LogP contribution < -0.4 is 0 Å². The van der Waals surface area contributed by atoms with Crippen molar-refractivity contribution in [2.45, 2.75) is 25.7 Å². The van der Waals surface area contributed by atoms with Crippen molar-refractivity contribution in [3.05, 3.63) is 58.7 Å². The molecule has 0 saturated heterocycles. The molecule has 138 valence electrons. The number of carbonyl (C=O) groups excluding carboxylic acids is 1. The third-order valence-corrected chi connectivity index (χ3v) is 5.09. The van der Waals surface area contributed by atoms with Gasteiger partial charge in [0.05, 0.1) is 22.7 Å². The van der Waals surface area contributed by atoms with Gasteiger partial charge in [0.1, 0.15) is 11.6 Å². The standard InChI is InChI=1S/C20H22F2N2OS/c1-5-24(4)12-23-18-10-13(2)15(9-14(18)3)19(25)11-26-20-16(21)7-6-8-17(20)22/h6-10,12H,5,11H2,1-4H3. The molecule has 0 spiro atoms. The van der Waals surface area contributed by atoms with Crippen LogP contribution in [-0.4, -0.2) is 36.4 Å². The lowest BCUT2D eigenvalue weighted by Crippen LogP contribution is -2.14. The zero-order valence-corrected chi connectivity index (χ0v) is 16.2. The first kappa shape index (κ1) is 20.1. The predicted octanol–water partition coefficient (Wildman–Crippen LogP) is 5.17. The fraction of sp³-hybridized carbons (Fsp3) is 0.300. The summed E-state index contributed by atoms with van der Waals surface area (Å²) in [5.74, 6) is -1.50. The minimum atomic E-state index is -0.652. The van der Waals surface area contributed by atoms with Gasteiger partial charge in [-0.3, -0.25) is 4.79 Å². The van der Waals surface area contributed by atoms with Crippen LogP contribution in [0.4, 0.5) is 14.5 Å². The molecule has 0 heterocycles. The van der Waals surface area contributed by atoms with Crippen molar-refractivity contribution in [3.63, 3.8) is 0 Å². The van der Waals surface area contributed by atoms with Crippen LogP contribution in [0, 0.1) is 25.5 Å². The lowest BCUT2D eigenvalue weighted by Gasteiger charge is -2.11. The van der Waals surface area contributed by atoms with Gasteiger partial charge in [-0.25, -0.2) is 13.8 Å². The molecule has 0 saturated carbocycles. The maximum absolute atomic E-state index is 13.7. The molecular formula is C20H22F2N2OS. The summed E-state index contributed by atoms with van der Waals surface area (Å²) in [7, 11) is 1.93. The maximum Gasteiger partial charge on any atom is 0.173 e. The largest absolute Gasteiger partial charge is 0.366 e. The van der Waals surface area contributed by atoms with E-state index in [2.05, 4.69) is 4.99 Å². The summed E-state index contributed by atoms with van der Waals surface area (Å²) in [6.45, 7) is 6.60. The van der Waals surface area contributed by atoms with Crippen LogP contribution in [0.25, 0.3) is 0 Å². The summed E-state index contributed by atoms with van der Waals surface area (Å²) < 4.78 is 27.4. The zero-order chi connectivity index (χ0) is 19.3. The minimum absolute atomic E-state index is 0.0285. The number of ketones is 1. The molecule has 0 radical (unpaired) electrons. The molecular weight excluding hydrogens is 354 g/mol. The van der Waals surface area contributed by atoms with Crippen molar-refractivity contribution in [2.75, 3.05) is 19.3 Å². The number of aryl methyl sites for hydroxylation is 2. The number of aliphatic imine (C=N–C) groups is 1. The molecule has 0 bridgehead atoms. The monoisotopic (exact) mass is 376 g/mol. The van der Waals surface area contributed by atoms with E-state index >= 15 is 0 Å². The molecule has 3 nitrogen and oxygen atoms in total. The van der Waals surface area contributed by atoms with Crippen LogP contribution in [0.3, 0.4) is 0 Å². The highest BCUT2D eigenvalue weighted by Crippen LogP contribution is 2.28. The van der Waals surface area contributed by atoms with Gasteiger partial charge in [0.25, 0.3) is 0 Å². The van der Waals surface area contributed by atoms with E-state index in [1.807, 2.05) is 38.8 Å². The van der Waals surface area contributed by atoms with E-state index in [0.717, 1.165) is 35.1 Å². The molecule has 0 amide bonds. The second-order valence-electron chi connectivity index (χ2n) is 6.03. The predicted molar refractivity (Wildman–Crippen MR) is 104 cm³/mol. The van der Waals surface area contributed by atoms with E-state index in [9.17, 15) is 13.6 Å². The van der Waals surface area contributed by atoms with Gasteiger partial charge in [-0.15, -0.1) is 11.8 Å². The minimum Gasteiger partial charge on any atom is -0.366 e. The lowest BCUT2D eigenvalue weighted by atomic mass is 10.0. The summed E-state index contributed by atoms with van der Waals surface area (Å²) in [5.41, 5.74) is 3.02. The van der Waals surface area contributed by atoms with E-state index < -0.39 is 11.6 Å². The normalized spacial score (nSPS) is 11.2. The molecule has 0 atom stereocenters. The highest BCUT2D eigenvalue weighted by atomic mass is 32.2. The smallest absolute Gasteiger partial charge is 0.173 e. The molecule has 26 heavy (non-hydrogen) atoms. The van der Waals surface area contributed by atoms with Gasteiger partial charge in [-0.2, -0.15) is 0 Å². The molecule has 0 fully saturated rings. The number of Topliss-reactive ketones (excluding diaryl/α,β-unsaturated/α-hetero) is 1. The number of carbonyl (C=O) groups is 1. The second kappa shape index (κ2) is 8.94. The van der Waals surface area contributed by atoms with Gasteiger partial charge < -0.3 is 4.90 Å². The van der Waals surface area contributed by atoms with Crippen molar-refractivity contribution in [1.29, 1.82) is 0 Å². The molecule has 0 unspecified atom stereocenters. The summed E-state index contributed by atoms with van der Waals surface area (Å²) in [6.07, 6.45) is 1.75. The van der Waals surface area contributed by atoms with E-state index in [-0.39, 0.29) is 16.4 Å². The molecule has 2 rings (SSSR count). The fourth-order valence-electron chi connectivity index (χ4n) is 2.32. The molecule has 2 aromatic rings. The zero-order valence-electron chi connectivity index (χ0n) is 15.3. The van der Waals surface area contributed by atoms with E-state index in [1.165, 1.54) is 18.2 Å². The Bertz CT molecular complexity index is 817. The van der Waals surface area contributed by atoms with Gasteiger partial charge in [-0.1, -0.05) is 6.07 Å². The highest BCUT2D eigenvalue weighted by molar-refractivity contribution is 8.00. The third-order valence-electron chi connectivity index (χ3n) is 4.00. The summed E-state index contributed by atoms with van der Waals surface area (Å²) in [6, 6.07) is 7.32. The van der Waals surface area contributed by atoms with Crippen LogP contribution in [0.1, 0.15) is 28.4 Å². The Morgan fingerprint density at radius 2 is 1.85 bits per heavy atom. The number of halogens is 2. The summed E-state index contributed by atoms with van der Waals surface area (Å²) in [4.78, 5) is 18.8. The first-order valence-corrected chi connectivity index (χ1v) is 9.27. The Hall–Kier alpha value is -2.21. The number of hydrogen-bond donors (Lipinski definition) is 0. The Balaban J connectivity index is 2.17. The van der Waals surface area contributed by atoms with Crippen molar-refractivity contribution in [2.24, 2.45) is 4.99 Å². The lowest BCUT2D eigenvalue weighted by molar-refractivity contribution is 0.102. The van der Waals surface area contributed by atoms with E-state index in [0.29, 0.717) is 5.56 Å². The Labute approximate surface area is 157 Å². The number of benzene rings is 2. The van der Waals surface area contributed by atoms with Crippen LogP contribution in [0.5, 0.6) is 0 Å². The van der Waals surface area contributed by atoms with Crippen LogP contribution in [0.15, 0.2) is 40.2 Å². The second-order valence-corrected chi connectivity index (χ2v) is 7.02. The topological polar surface area (TPSA) is 32.7 Å². The quantitative estimate of drug-likeness (QED) is 0.289. The van der Waals surface area contributed by atoms with Crippen molar-refractivity contribution in [1.82, 2.24) is 4.90 Å². The van der Waals surface area contributed by atoms with Crippen molar-refractivity contribution in [3.8, 4) is 0 Å². The number of nitrogens with zero attached hydrogens (tertiary/aromatic N) is 2. The van der Waals surface area contributed by atoms with Crippen molar-refractivity contribution < 1.29 is 13.6 Å². The first-order valence-electron chi connectivity index (χ1n) is 8.29. The SMILES string of the molecule is CCN(C)C=Nc1cc(C)c(C(=O)CSc2c(F)cccc2F)cc1C.